The van der Waals surface area contributed by atoms with Crippen molar-refractivity contribution in [2.75, 3.05) is 14.2 Å². The molecule has 0 aromatic heterocycles. The highest BCUT2D eigenvalue weighted by Crippen LogP contribution is 2.40. The average Bonchev–Trinajstić information content (AvgIpc) is 3.05. The van der Waals surface area contributed by atoms with Crippen LogP contribution in [0.1, 0.15) is 74.7 Å². The molecule has 0 bridgehead atoms. The Balaban J connectivity index is 2.54. The highest BCUT2D eigenvalue weighted by molar-refractivity contribution is 5.86. The number of hydrogen-bond acceptors (Lipinski definition) is 10. The maximum atomic E-state index is 13.5. The summed E-state index contributed by atoms with van der Waals surface area (Å²) < 4.78 is 23.3. The maximum Gasteiger partial charge on any atom is 0.373 e. The molecule has 0 aromatic rings. The van der Waals surface area contributed by atoms with Crippen molar-refractivity contribution < 1.29 is 49.3 Å². The molecule has 0 spiro atoms. The van der Waals surface area contributed by atoms with Gasteiger partial charge in [0.2, 0.25) is 5.76 Å². The van der Waals surface area contributed by atoms with Gasteiger partial charge in [0.05, 0.1) is 37.6 Å². The molecule has 0 aliphatic carbocycles. The van der Waals surface area contributed by atoms with Crippen LogP contribution in [0.4, 0.5) is 0 Å². The van der Waals surface area contributed by atoms with Gasteiger partial charge in [0.15, 0.2) is 5.79 Å². The van der Waals surface area contributed by atoms with E-state index in [1.54, 1.807) is 50.3 Å². The molecule has 2 heterocycles. The Morgan fingerprint density at radius 2 is 1.71 bits per heavy atom. The van der Waals surface area contributed by atoms with Gasteiger partial charge < -0.3 is 44.5 Å². The minimum Gasteiger partial charge on any atom is -0.490 e. The van der Waals surface area contributed by atoms with E-state index in [9.17, 15) is 30.3 Å². The SMILES string of the molecule is C/C=C/[C@H]1O[C@@](O)([C@@H](C)[C@H](O)[C@H](C)[C@H]2OC(=O)/C(OC)=C/C=C/[C@@H](C)[C@@H](O)[C@@H](CC)[C@@H](O)[C@H](C)C/C(C)=C/C=C/[C@@H]2OC)C[C@H](O)[C@@H]1C. The first-order valence-corrected chi connectivity index (χ1v) is 17.3. The van der Waals surface area contributed by atoms with Crippen LogP contribution >= 0.6 is 0 Å². The van der Waals surface area contributed by atoms with Gasteiger partial charge in [-0.25, -0.2) is 4.79 Å². The number of carbonyl (C=O) groups is 1. The van der Waals surface area contributed by atoms with Crippen LogP contribution < -0.4 is 0 Å². The number of aliphatic hydroxyl groups is 5. The molecule has 0 radical (unpaired) electrons. The number of esters is 1. The lowest BCUT2D eigenvalue weighted by Gasteiger charge is -2.47. The summed E-state index contributed by atoms with van der Waals surface area (Å²) in [5, 5.41) is 56.4. The van der Waals surface area contributed by atoms with E-state index in [1.807, 2.05) is 47.6 Å². The van der Waals surface area contributed by atoms with E-state index in [2.05, 4.69) is 0 Å². The molecular weight excluding hydrogens is 616 g/mol. The molecule has 1 saturated heterocycles. The lowest BCUT2D eigenvalue weighted by molar-refractivity contribution is -0.313. The monoisotopic (exact) mass is 678 g/mol. The van der Waals surface area contributed by atoms with Gasteiger partial charge in [0.25, 0.3) is 0 Å². The lowest BCUT2D eigenvalue weighted by atomic mass is 9.77. The molecule has 5 N–H and O–H groups in total. The van der Waals surface area contributed by atoms with Crippen molar-refractivity contribution in [1.29, 1.82) is 0 Å². The Hall–Kier alpha value is -2.31. The topological polar surface area (TPSA) is 155 Å². The van der Waals surface area contributed by atoms with Crippen LogP contribution in [0.2, 0.25) is 0 Å². The molecular formula is C38H62O10. The molecule has 0 saturated carbocycles. The molecule has 10 heteroatoms. The zero-order chi connectivity index (χ0) is 36.3. The molecule has 0 unspecified atom stereocenters. The van der Waals surface area contributed by atoms with Crippen LogP contribution in [0, 0.1) is 35.5 Å². The fourth-order valence-electron chi connectivity index (χ4n) is 6.86. The second-order valence-corrected chi connectivity index (χ2v) is 13.9. The molecule has 1 fully saturated rings. The van der Waals surface area contributed by atoms with Crippen LogP contribution in [-0.4, -0.2) is 94.2 Å². The van der Waals surface area contributed by atoms with Crippen molar-refractivity contribution >= 4 is 5.97 Å². The van der Waals surface area contributed by atoms with Gasteiger partial charge in [-0.3, -0.25) is 0 Å². The lowest BCUT2D eigenvalue weighted by Crippen LogP contribution is -2.58. The number of ether oxygens (including phenoxy) is 4. The Kier molecular flexibility index (Phi) is 16.7. The third-order valence-electron chi connectivity index (χ3n) is 10.3. The van der Waals surface area contributed by atoms with Gasteiger partial charge in [0.1, 0.15) is 12.2 Å². The summed E-state index contributed by atoms with van der Waals surface area (Å²) in [4.78, 5) is 13.5. The highest BCUT2D eigenvalue weighted by Gasteiger charge is 2.50. The zero-order valence-electron chi connectivity index (χ0n) is 30.5. The number of aliphatic hydroxyl groups excluding tert-OH is 4. The van der Waals surface area contributed by atoms with E-state index < -0.39 is 66.3 Å². The van der Waals surface area contributed by atoms with Crippen LogP contribution in [0.25, 0.3) is 0 Å². The number of rotatable bonds is 8. The first-order valence-electron chi connectivity index (χ1n) is 17.3. The van der Waals surface area contributed by atoms with Crippen LogP contribution in [0.3, 0.4) is 0 Å². The Bertz CT molecular complexity index is 1160. The predicted octanol–water partition coefficient (Wildman–Crippen LogP) is 4.61. The van der Waals surface area contributed by atoms with Gasteiger partial charge in [-0.1, -0.05) is 89.6 Å². The third-order valence-corrected chi connectivity index (χ3v) is 10.3. The summed E-state index contributed by atoms with van der Waals surface area (Å²) in [5.74, 6) is -5.49. The van der Waals surface area contributed by atoms with E-state index in [1.165, 1.54) is 20.3 Å². The van der Waals surface area contributed by atoms with Crippen LogP contribution in [0.15, 0.2) is 59.9 Å². The summed E-state index contributed by atoms with van der Waals surface area (Å²) in [6, 6.07) is 0. The van der Waals surface area contributed by atoms with E-state index >= 15 is 0 Å². The fraction of sp³-hybridized carbons (Fsp3) is 0.711. The van der Waals surface area contributed by atoms with Gasteiger partial charge in [-0.05, 0) is 38.7 Å². The van der Waals surface area contributed by atoms with Crippen molar-refractivity contribution in [1.82, 2.24) is 0 Å². The quantitative estimate of drug-likeness (QED) is 0.182. The van der Waals surface area contributed by atoms with E-state index in [0.717, 1.165) is 5.57 Å². The summed E-state index contributed by atoms with van der Waals surface area (Å²) in [7, 11) is 2.82. The first kappa shape index (κ1) is 41.9. The van der Waals surface area contributed by atoms with Crippen molar-refractivity contribution in [3.8, 4) is 0 Å². The molecule has 48 heavy (non-hydrogen) atoms. The molecule has 14 atom stereocenters. The molecule has 2 aliphatic heterocycles. The number of carbonyl (C=O) groups excluding carboxylic acids is 1. The molecule has 10 nitrogen and oxygen atoms in total. The molecule has 0 aromatic carbocycles. The summed E-state index contributed by atoms with van der Waals surface area (Å²) in [6.45, 7) is 14.7. The number of hydrogen-bond donors (Lipinski definition) is 5. The second kappa shape index (κ2) is 19.2. The molecule has 0 amide bonds. The number of allylic oxidation sites excluding steroid dienone is 6. The first-order chi connectivity index (χ1) is 22.6. The largest absolute Gasteiger partial charge is 0.490 e. The van der Waals surface area contributed by atoms with E-state index in [0.29, 0.717) is 12.8 Å². The number of methoxy groups -OCH3 is 2. The molecule has 274 valence electrons. The fourth-order valence-corrected chi connectivity index (χ4v) is 6.86. The normalized spacial score (nSPS) is 41.8. The standard InChI is InChI=1S/C38H62O10/c1-11-15-30-25(6)29(39)21-38(44,48-30)27(8)35(42)26(7)36-31(45-9)18-13-16-22(3)20-24(5)34(41)28(12-2)33(40)23(4)17-14-19-32(46-10)37(43)47-36/h11,13-19,23-31,33-36,39-42,44H,12,20-21H2,1-10H3/b15-11+,17-14+,18-13+,22-16+,32-19-/t23-,24-,25+,26+,27+,28-,29+,30-,31+,33-,34+,35-,36-,38-/m1/s1. The average molecular weight is 679 g/mol. The Morgan fingerprint density at radius 1 is 1.06 bits per heavy atom. The van der Waals surface area contributed by atoms with Crippen molar-refractivity contribution in [3.63, 3.8) is 0 Å². The minimum absolute atomic E-state index is 0.0998. The molecule has 2 rings (SSSR count). The van der Waals surface area contributed by atoms with Gasteiger partial charge in [0, 0.05) is 43.1 Å². The summed E-state index contributed by atoms with van der Waals surface area (Å²) >= 11 is 0. The zero-order valence-corrected chi connectivity index (χ0v) is 30.5. The van der Waals surface area contributed by atoms with E-state index in [4.69, 9.17) is 18.9 Å². The third kappa shape index (κ3) is 10.6. The second-order valence-electron chi connectivity index (χ2n) is 13.9. The maximum absolute atomic E-state index is 13.5. The van der Waals surface area contributed by atoms with Crippen molar-refractivity contribution in [2.45, 2.75) is 123 Å². The van der Waals surface area contributed by atoms with E-state index in [-0.39, 0.29) is 35.9 Å². The van der Waals surface area contributed by atoms with Crippen LogP contribution in [-0.2, 0) is 23.7 Å². The van der Waals surface area contributed by atoms with Gasteiger partial charge >= 0.3 is 5.97 Å². The Morgan fingerprint density at radius 3 is 2.29 bits per heavy atom. The molecule has 2 aliphatic rings. The van der Waals surface area contributed by atoms with Gasteiger partial charge in [-0.15, -0.1) is 0 Å². The van der Waals surface area contributed by atoms with Crippen molar-refractivity contribution in [2.24, 2.45) is 35.5 Å². The minimum atomic E-state index is -1.86. The number of cyclic esters (lactones) is 1. The van der Waals surface area contributed by atoms with Crippen molar-refractivity contribution in [3.05, 3.63) is 59.9 Å². The highest BCUT2D eigenvalue weighted by atomic mass is 16.6. The summed E-state index contributed by atoms with van der Waals surface area (Å²) in [6.07, 6.45) is 8.80. The van der Waals surface area contributed by atoms with Crippen LogP contribution in [0.5, 0.6) is 0 Å². The van der Waals surface area contributed by atoms with Gasteiger partial charge in [-0.2, -0.15) is 0 Å². The Labute approximate surface area is 287 Å². The predicted molar refractivity (Wildman–Crippen MR) is 185 cm³/mol. The smallest absolute Gasteiger partial charge is 0.373 e. The summed E-state index contributed by atoms with van der Waals surface area (Å²) in [5.41, 5.74) is 0.992.